The average molecular weight is 374 g/mol. The normalized spacial score (nSPS) is 17.5. The van der Waals surface area contributed by atoms with Crippen molar-refractivity contribution in [3.05, 3.63) is 57.8 Å². The number of Topliss-reactive ketones (excluding diaryl/α,β-unsaturated/α-hetero) is 1. The number of hydrogen-bond donors (Lipinski definition) is 1. The number of nitrogens with one attached hydrogen (secondary N) is 1. The van der Waals surface area contributed by atoms with Crippen LogP contribution in [0.25, 0.3) is 0 Å². The summed E-state index contributed by atoms with van der Waals surface area (Å²) in [6.07, 6.45) is 3.14. The number of nitrogens with zero attached hydrogens (tertiary/aromatic N) is 1. The molecular weight excluding hydrogens is 351 g/mol. The number of rotatable bonds is 6. The molecule has 1 atom stereocenters. The van der Waals surface area contributed by atoms with Crippen LogP contribution in [0.2, 0.25) is 0 Å². The highest BCUT2D eigenvalue weighted by Crippen LogP contribution is 2.27. The molecule has 0 aliphatic carbocycles. The van der Waals surface area contributed by atoms with E-state index in [9.17, 15) is 14.0 Å². The molecule has 2 heterocycles. The Morgan fingerprint density at radius 2 is 2.04 bits per heavy atom. The van der Waals surface area contributed by atoms with Crippen LogP contribution in [-0.2, 0) is 6.54 Å². The van der Waals surface area contributed by atoms with Gasteiger partial charge in [0, 0.05) is 37.0 Å². The van der Waals surface area contributed by atoms with Crippen molar-refractivity contribution in [2.75, 3.05) is 27.3 Å². The maximum atomic E-state index is 13.6. The van der Waals surface area contributed by atoms with Crippen LogP contribution in [0, 0.1) is 11.7 Å². The van der Waals surface area contributed by atoms with Crippen LogP contribution in [0.5, 0.6) is 11.5 Å². The minimum Gasteiger partial charge on any atom is -0.496 e. The van der Waals surface area contributed by atoms with Crippen LogP contribution in [0.15, 0.2) is 35.3 Å². The minimum absolute atomic E-state index is 0.112. The number of ether oxygens (including phenoxy) is 2. The van der Waals surface area contributed by atoms with Crippen molar-refractivity contribution in [1.29, 1.82) is 0 Å². The number of likely N-dealkylation sites (tertiary alicyclic amines) is 1. The van der Waals surface area contributed by atoms with Gasteiger partial charge in [0.15, 0.2) is 11.5 Å². The highest BCUT2D eigenvalue weighted by molar-refractivity contribution is 6.00. The van der Waals surface area contributed by atoms with Gasteiger partial charge < -0.3 is 14.5 Å². The first kappa shape index (κ1) is 19.1. The molecule has 1 fully saturated rings. The van der Waals surface area contributed by atoms with E-state index in [0.717, 1.165) is 25.1 Å². The summed E-state index contributed by atoms with van der Waals surface area (Å²) in [4.78, 5) is 30.0. The smallest absolute Gasteiger partial charge is 0.223 e. The molecule has 1 N–H and O–H groups in total. The van der Waals surface area contributed by atoms with Crippen molar-refractivity contribution in [1.82, 2.24) is 9.88 Å². The molecular formula is C20H23FN2O4. The van der Waals surface area contributed by atoms with Crippen molar-refractivity contribution >= 4 is 5.78 Å². The number of hydrogen-bond acceptors (Lipinski definition) is 5. The summed E-state index contributed by atoms with van der Waals surface area (Å²) in [5.41, 5.74) is 0.861. The van der Waals surface area contributed by atoms with Gasteiger partial charge in [0.2, 0.25) is 5.43 Å². The maximum absolute atomic E-state index is 13.6. The molecule has 1 aliphatic rings. The largest absolute Gasteiger partial charge is 0.496 e. The predicted molar refractivity (Wildman–Crippen MR) is 98.9 cm³/mol. The van der Waals surface area contributed by atoms with E-state index in [4.69, 9.17) is 9.47 Å². The monoisotopic (exact) mass is 374 g/mol. The van der Waals surface area contributed by atoms with E-state index in [1.807, 2.05) is 0 Å². The lowest BCUT2D eigenvalue weighted by atomic mass is 9.89. The van der Waals surface area contributed by atoms with Gasteiger partial charge in [-0.1, -0.05) is 0 Å². The first-order valence-electron chi connectivity index (χ1n) is 8.87. The molecule has 7 heteroatoms. The highest BCUT2D eigenvalue weighted by Gasteiger charge is 2.28. The Hall–Kier alpha value is -2.67. The molecule has 1 aliphatic heterocycles. The third-order valence-electron chi connectivity index (χ3n) is 4.85. The first-order chi connectivity index (χ1) is 13.0. The second-order valence-electron chi connectivity index (χ2n) is 6.67. The van der Waals surface area contributed by atoms with Crippen molar-refractivity contribution in [2.45, 2.75) is 19.4 Å². The third kappa shape index (κ3) is 4.36. The number of piperidine rings is 1. The van der Waals surface area contributed by atoms with Crippen molar-refractivity contribution in [3.8, 4) is 11.5 Å². The fourth-order valence-corrected chi connectivity index (χ4v) is 3.50. The van der Waals surface area contributed by atoms with Crippen LogP contribution in [0.3, 0.4) is 0 Å². The van der Waals surface area contributed by atoms with E-state index in [-0.39, 0.29) is 28.4 Å². The fourth-order valence-electron chi connectivity index (χ4n) is 3.50. The van der Waals surface area contributed by atoms with E-state index < -0.39 is 5.82 Å². The van der Waals surface area contributed by atoms with E-state index >= 15 is 0 Å². The second-order valence-corrected chi connectivity index (χ2v) is 6.67. The van der Waals surface area contributed by atoms with Crippen molar-refractivity contribution in [2.24, 2.45) is 5.92 Å². The molecule has 0 spiro atoms. The summed E-state index contributed by atoms with van der Waals surface area (Å²) in [7, 11) is 2.92. The lowest BCUT2D eigenvalue weighted by molar-refractivity contribution is 0.0806. The Balaban J connectivity index is 1.72. The van der Waals surface area contributed by atoms with Crippen molar-refractivity contribution < 1.29 is 18.7 Å². The standard InChI is InChI=1S/C20H23FN2O4/c1-26-18-6-5-14(21)8-16(18)20(25)13-4-3-7-23(11-13)12-15-9-17(24)19(27-2)10-22-15/h5-6,8-10,13H,3-4,7,11-12H2,1-2H3,(H,22,24). The molecule has 3 rings (SSSR count). The number of aromatic nitrogens is 1. The Morgan fingerprint density at radius 3 is 2.74 bits per heavy atom. The lowest BCUT2D eigenvalue weighted by Gasteiger charge is -2.32. The molecule has 1 unspecified atom stereocenters. The van der Waals surface area contributed by atoms with E-state index in [1.54, 1.807) is 6.20 Å². The van der Waals surface area contributed by atoms with Crippen molar-refractivity contribution in [3.63, 3.8) is 0 Å². The third-order valence-corrected chi connectivity index (χ3v) is 4.85. The summed E-state index contributed by atoms with van der Waals surface area (Å²) in [5, 5.41) is 0. The highest BCUT2D eigenvalue weighted by atomic mass is 19.1. The van der Waals surface area contributed by atoms with Gasteiger partial charge >= 0.3 is 0 Å². The molecule has 27 heavy (non-hydrogen) atoms. The quantitative estimate of drug-likeness (QED) is 0.787. The summed E-state index contributed by atoms with van der Waals surface area (Å²) in [6, 6.07) is 5.51. The topological polar surface area (TPSA) is 71.6 Å². The Labute approximate surface area is 156 Å². The molecule has 1 saturated heterocycles. The second kappa shape index (κ2) is 8.35. The maximum Gasteiger partial charge on any atom is 0.223 e. The SMILES string of the molecule is COc1ccc(F)cc1C(=O)C1CCCN(Cc2cc(=O)c(OC)c[nH]2)C1. The van der Waals surface area contributed by atoms with Gasteiger partial charge in [-0.2, -0.15) is 0 Å². The van der Waals surface area contributed by atoms with Crippen LogP contribution < -0.4 is 14.9 Å². The Kier molecular flexibility index (Phi) is 5.91. The molecule has 1 aromatic carbocycles. The van der Waals surface area contributed by atoms with E-state index in [1.165, 1.54) is 38.5 Å². The van der Waals surface area contributed by atoms with E-state index in [0.29, 0.717) is 18.8 Å². The summed E-state index contributed by atoms with van der Waals surface area (Å²) < 4.78 is 23.8. The number of H-pyrrole nitrogens is 1. The Bertz CT molecular complexity index is 881. The van der Waals surface area contributed by atoms with Gasteiger partial charge in [0.1, 0.15) is 11.6 Å². The van der Waals surface area contributed by atoms with Crippen LogP contribution >= 0.6 is 0 Å². The molecule has 0 amide bonds. The zero-order valence-electron chi connectivity index (χ0n) is 15.5. The van der Waals surface area contributed by atoms with Gasteiger partial charge in [0.05, 0.1) is 19.8 Å². The summed E-state index contributed by atoms with van der Waals surface area (Å²) >= 11 is 0. The fraction of sp³-hybridized carbons (Fsp3) is 0.400. The number of methoxy groups -OCH3 is 2. The number of halogens is 1. The number of aromatic amines is 1. The van der Waals surface area contributed by atoms with Gasteiger partial charge in [-0.25, -0.2) is 4.39 Å². The van der Waals surface area contributed by atoms with Crippen LogP contribution in [0.1, 0.15) is 28.9 Å². The average Bonchev–Trinajstić information content (AvgIpc) is 2.68. The number of carbonyl (C=O) groups excluding carboxylic acids is 1. The number of ketones is 1. The Morgan fingerprint density at radius 1 is 1.26 bits per heavy atom. The van der Waals surface area contributed by atoms with Gasteiger partial charge in [-0.3, -0.25) is 14.5 Å². The number of pyridine rings is 1. The van der Waals surface area contributed by atoms with Gasteiger partial charge in [-0.05, 0) is 37.6 Å². The van der Waals surface area contributed by atoms with Crippen LogP contribution in [0.4, 0.5) is 4.39 Å². The molecule has 0 radical (unpaired) electrons. The molecule has 144 valence electrons. The summed E-state index contributed by atoms with van der Waals surface area (Å²) in [6.45, 7) is 1.91. The number of benzene rings is 1. The van der Waals surface area contributed by atoms with Gasteiger partial charge in [-0.15, -0.1) is 0 Å². The summed E-state index contributed by atoms with van der Waals surface area (Å²) in [5.74, 6) is -0.150. The molecule has 6 nitrogen and oxygen atoms in total. The minimum atomic E-state index is -0.456. The molecule has 0 saturated carbocycles. The molecule has 1 aromatic heterocycles. The van der Waals surface area contributed by atoms with Gasteiger partial charge in [0.25, 0.3) is 0 Å². The molecule has 0 bridgehead atoms. The lowest BCUT2D eigenvalue weighted by Crippen LogP contribution is -2.38. The predicted octanol–water partition coefficient (Wildman–Crippen LogP) is 2.63. The van der Waals surface area contributed by atoms with E-state index in [2.05, 4.69) is 9.88 Å². The zero-order chi connectivity index (χ0) is 19.4. The first-order valence-corrected chi connectivity index (χ1v) is 8.87. The molecule has 2 aromatic rings. The van der Waals surface area contributed by atoms with Crippen LogP contribution in [-0.4, -0.2) is 43.0 Å². The zero-order valence-corrected chi connectivity index (χ0v) is 15.5. The number of carbonyl (C=O) groups is 1.